The van der Waals surface area contributed by atoms with Gasteiger partial charge in [-0.15, -0.1) is 0 Å². The Morgan fingerprint density at radius 3 is 2.79 bits per heavy atom. The summed E-state index contributed by atoms with van der Waals surface area (Å²) in [5, 5.41) is 9.79. The molecular weight excluding hydrogens is 240 g/mol. The summed E-state index contributed by atoms with van der Waals surface area (Å²) in [4.78, 5) is 0. The van der Waals surface area contributed by atoms with E-state index in [1.807, 2.05) is 25.1 Å². The van der Waals surface area contributed by atoms with Crippen LogP contribution in [0.2, 0.25) is 0 Å². The van der Waals surface area contributed by atoms with E-state index in [9.17, 15) is 5.11 Å². The van der Waals surface area contributed by atoms with Gasteiger partial charge in [-0.2, -0.15) is 0 Å². The molecule has 1 heterocycles. The molecule has 2 rings (SSSR count). The minimum absolute atomic E-state index is 0.0333. The SMILES string of the molecule is Cc1ccc(OCC2CCC(C)(C)O2)c(C(C)O)c1. The second-order valence-corrected chi connectivity index (χ2v) is 6.07. The number of benzene rings is 1. The van der Waals surface area contributed by atoms with Gasteiger partial charge in [-0.3, -0.25) is 0 Å². The Morgan fingerprint density at radius 1 is 1.47 bits per heavy atom. The molecule has 1 saturated heterocycles. The van der Waals surface area contributed by atoms with E-state index in [0.717, 1.165) is 29.7 Å². The summed E-state index contributed by atoms with van der Waals surface area (Å²) in [5.41, 5.74) is 1.94. The first-order chi connectivity index (χ1) is 8.87. The fourth-order valence-electron chi connectivity index (χ4n) is 2.50. The van der Waals surface area contributed by atoms with Crippen LogP contribution in [0.1, 0.15) is 50.8 Å². The fourth-order valence-corrected chi connectivity index (χ4v) is 2.50. The molecule has 2 atom stereocenters. The van der Waals surface area contributed by atoms with Crippen LogP contribution in [-0.2, 0) is 4.74 Å². The third-order valence-electron chi connectivity index (χ3n) is 3.59. The maximum Gasteiger partial charge on any atom is 0.125 e. The van der Waals surface area contributed by atoms with Crippen molar-refractivity contribution in [2.45, 2.75) is 58.3 Å². The number of hydrogen-bond donors (Lipinski definition) is 1. The van der Waals surface area contributed by atoms with E-state index in [1.165, 1.54) is 0 Å². The summed E-state index contributed by atoms with van der Waals surface area (Å²) in [5.74, 6) is 0.758. The predicted octanol–water partition coefficient (Wildman–Crippen LogP) is 3.38. The molecule has 106 valence electrons. The monoisotopic (exact) mass is 264 g/mol. The normalized spacial score (nSPS) is 23.3. The highest BCUT2D eigenvalue weighted by atomic mass is 16.6. The van der Waals surface area contributed by atoms with E-state index in [-0.39, 0.29) is 11.7 Å². The number of aliphatic hydroxyl groups is 1. The molecule has 3 nitrogen and oxygen atoms in total. The van der Waals surface area contributed by atoms with Crippen molar-refractivity contribution in [3.63, 3.8) is 0 Å². The van der Waals surface area contributed by atoms with Gasteiger partial charge in [-0.1, -0.05) is 11.6 Å². The zero-order valence-corrected chi connectivity index (χ0v) is 12.3. The number of ether oxygens (including phenoxy) is 2. The summed E-state index contributed by atoms with van der Waals surface area (Å²) >= 11 is 0. The molecule has 1 aromatic rings. The Kier molecular flexibility index (Phi) is 4.16. The quantitative estimate of drug-likeness (QED) is 0.906. The van der Waals surface area contributed by atoms with E-state index in [1.54, 1.807) is 6.92 Å². The first-order valence-electron chi connectivity index (χ1n) is 6.96. The van der Waals surface area contributed by atoms with Gasteiger partial charge in [-0.25, -0.2) is 0 Å². The second kappa shape index (κ2) is 5.51. The lowest BCUT2D eigenvalue weighted by Crippen LogP contribution is -2.24. The highest BCUT2D eigenvalue weighted by Gasteiger charge is 2.32. The molecule has 19 heavy (non-hydrogen) atoms. The maximum atomic E-state index is 9.79. The molecule has 0 radical (unpaired) electrons. The summed E-state index contributed by atoms with van der Waals surface area (Å²) in [6, 6.07) is 5.90. The van der Waals surface area contributed by atoms with Crippen molar-refractivity contribution in [1.82, 2.24) is 0 Å². The molecule has 1 aliphatic rings. The van der Waals surface area contributed by atoms with Crippen LogP contribution in [0.15, 0.2) is 18.2 Å². The Balaban J connectivity index is 2.00. The zero-order valence-electron chi connectivity index (χ0n) is 12.3. The van der Waals surface area contributed by atoms with Gasteiger partial charge in [-0.05, 0) is 52.7 Å². The van der Waals surface area contributed by atoms with E-state index in [4.69, 9.17) is 9.47 Å². The Bertz CT molecular complexity index is 438. The smallest absolute Gasteiger partial charge is 0.125 e. The van der Waals surface area contributed by atoms with E-state index >= 15 is 0 Å². The molecule has 0 saturated carbocycles. The molecule has 1 aliphatic heterocycles. The second-order valence-electron chi connectivity index (χ2n) is 6.07. The molecule has 0 aliphatic carbocycles. The number of hydrogen-bond acceptors (Lipinski definition) is 3. The van der Waals surface area contributed by atoms with Gasteiger partial charge in [0, 0.05) is 5.56 Å². The molecule has 0 spiro atoms. The van der Waals surface area contributed by atoms with Gasteiger partial charge < -0.3 is 14.6 Å². The van der Waals surface area contributed by atoms with E-state index < -0.39 is 6.10 Å². The van der Waals surface area contributed by atoms with E-state index in [2.05, 4.69) is 13.8 Å². The third-order valence-corrected chi connectivity index (χ3v) is 3.59. The van der Waals surface area contributed by atoms with Crippen molar-refractivity contribution in [1.29, 1.82) is 0 Å². The molecule has 0 amide bonds. The van der Waals surface area contributed by atoms with Gasteiger partial charge in [0.15, 0.2) is 0 Å². The minimum atomic E-state index is -0.518. The van der Waals surface area contributed by atoms with Gasteiger partial charge in [0.1, 0.15) is 12.4 Å². The molecule has 3 heteroatoms. The van der Waals surface area contributed by atoms with Crippen LogP contribution in [0.4, 0.5) is 0 Å². The van der Waals surface area contributed by atoms with Crippen LogP contribution in [0.25, 0.3) is 0 Å². The largest absolute Gasteiger partial charge is 0.490 e. The lowest BCUT2D eigenvalue weighted by Gasteiger charge is -2.20. The van der Waals surface area contributed by atoms with Crippen molar-refractivity contribution in [2.75, 3.05) is 6.61 Å². The van der Waals surface area contributed by atoms with Crippen LogP contribution < -0.4 is 4.74 Å². The van der Waals surface area contributed by atoms with Crippen molar-refractivity contribution in [2.24, 2.45) is 0 Å². The predicted molar refractivity (Wildman–Crippen MR) is 75.5 cm³/mol. The van der Waals surface area contributed by atoms with E-state index in [0.29, 0.717) is 6.61 Å². The van der Waals surface area contributed by atoms with Gasteiger partial charge >= 0.3 is 0 Å². The fraction of sp³-hybridized carbons (Fsp3) is 0.625. The summed E-state index contributed by atoms with van der Waals surface area (Å²) in [6.45, 7) is 8.54. The molecule has 2 unspecified atom stereocenters. The lowest BCUT2D eigenvalue weighted by atomic mass is 10.1. The number of aryl methyl sites for hydroxylation is 1. The van der Waals surface area contributed by atoms with Crippen LogP contribution in [0, 0.1) is 6.92 Å². The van der Waals surface area contributed by atoms with Gasteiger partial charge in [0.2, 0.25) is 0 Å². The summed E-state index contributed by atoms with van der Waals surface area (Å²) in [7, 11) is 0. The average Bonchev–Trinajstić information content (AvgIpc) is 2.67. The zero-order chi connectivity index (χ0) is 14.0. The van der Waals surface area contributed by atoms with Crippen molar-refractivity contribution < 1.29 is 14.6 Å². The highest BCUT2D eigenvalue weighted by Crippen LogP contribution is 2.31. The van der Waals surface area contributed by atoms with Crippen LogP contribution in [-0.4, -0.2) is 23.4 Å². The van der Waals surface area contributed by atoms with Crippen molar-refractivity contribution in [3.8, 4) is 5.75 Å². The highest BCUT2D eigenvalue weighted by molar-refractivity contribution is 5.38. The molecule has 0 bridgehead atoms. The van der Waals surface area contributed by atoms with Crippen LogP contribution in [0.5, 0.6) is 5.75 Å². The minimum Gasteiger partial charge on any atom is -0.490 e. The number of rotatable bonds is 4. The lowest BCUT2D eigenvalue weighted by molar-refractivity contribution is -0.0329. The molecule has 0 aromatic heterocycles. The molecule has 1 aromatic carbocycles. The standard InChI is InChI=1S/C16H24O3/c1-11-5-6-15(14(9-11)12(2)17)18-10-13-7-8-16(3,4)19-13/h5-6,9,12-13,17H,7-8,10H2,1-4H3. The first-order valence-corrected chi connectivity index (χ1v) is 6.96. The van der Waals surface area contributed by atoms with Crippen LogP contribution >= 0.6 is 0 Å². The number of aliphatic hydroxyl groups excluding tert-OH is 1. The maximum absolute atomic E-state index is 9.79. The Labute approximate surface area is 115 Å². The summed E-state index contributed by atoms with van der Waals surface area (Å²) < 4.78 is 11.8. The van der Waals surface area contributed by atoms with Crippen molar-refractivity contribution in [3.05, 3.63) is 29.3 Å². The topological polar surface area (TPSA) is 38.7 Å². The molecule has 1 fully saturated rings. The molecule has 1 N–H and O–H groups in total. The third kappa shape index (κ3) is 3.71. The van der Waals surface area contributed by atoms with Crippen LogP contribution in [0.3, 0.4) is 0 Å². The summed E-state index contributed by atoms with van der Waals surface area (Å²) in [6.07, 6.45) is 1.73. The first kappa shape index (κ1) is 14.4. The van der Waals surface area contributed by atoms with Gasteiger partial charge in [0.05, 0.1) is 17.8 Å². The average molecular weight is 264 g/mol. The Morgan fingerprint density at radius 2 is 2.21 bits per heavy atom. The Hall–Kier alpha value is -1.06. The van der Waals surface area contributed by atoms with Crippen molar-refractivity contribution >= 4 is 0 Å². The van der Waals surface area contributed by atoms with Gasteiger partial charge in [0.25, 0.3) is 0 Å². The molecular formula is C16H24O3.